The first-order valence-corrected chi connectivity index (χ1v) is 8.50. The summed E-state index contributed by atoms with van der Waals surface area (Å²) in [5.41, 5.74) is 1.28. The van der Waals surface area contributed by atoms with Crippen molar-refractivity contribution in [3.63, 3.8) is 0 Å². The number of hydrogen-bond donors (Lipinski definition) is 0. The van der Waals surface area contributed by atoms with E-state index >= 15 is 0 Å². The third kappa shape index (κ3) is 5.01. The van der Waals surface area contributed by atoms with Crippen molar-refractivity contribution >= 4 is 25.0 Å². The summed E-state index contributed by atoms with van der Waals surface area (Å²) in [7, 11) is -0.771. The lowest BCUT2D eigenvalue weighted by Gasteiger charge is -2.43. The van der Waals surface area contributed by atoms with Gasteiger partial charge in [-0.15, -0.1) is 0 Å². The minimum absolute atomic E-state index is 0.315. The zero-order chi connectivity index (χ0) is 12.3. The number of alkyl halides is 1. The highest BCUT2D eigenvalue weighted by atomic mass is 79.9. The molecule has 0 fully saturated rings. The predicted octanol–water partition coefficient (Wildman–Crippen LogP) is 4.41. The maximum Gasteiger partial charge on any atom is 0.226 e. The van der Waals surface area contributed by atoms with Crippen molar-refractivity contribution < 1.29 is 4.43 Å². The molecule has 0 aliphatic heterocycles. The summed E-state index contributed by atoms with van der Waals surface area (Å²) in [5.74, 6) is 0. The van der Waals surface area contributed by atoms with Crippen molar-refractivity contribution in [3.05, 3.63) is 0 Å². The molecule has 0 rings (SSSR count). The van der Waals surface area contributed by atoms with Gasteiger partial charge in [0.1, 0.15) is 0 Å². The Morgan fingerprint density at radius 2 is 1.47 bits per heavy atom. The molecule has 1 nitrogen and oxygen atoms in total. The Labute approximate surface area is 106 Å². The molecule has 0 atom stereocenters. The average molecular weight is 294 g/mol. The van der Waals surface area contributed by atoms with Crippen LogP contribution < -0.4 is 0 Å². The lowest BCUT2D eigenvalue weighted by Crippen LogP contribution is -2.42. The van der Waals surface area contributed by atoms with Crippen molar-refractivity contribution in [2.45, 2.75) is 54.0 Å². The summed E-state index contributed by atoms with van der Waals surface area (Å²) in [6.45, 7) is 16.9. The molecule has 0 spiro atoms. The molecule has 1 radical (unpaired) electrons. The predicted molar refractivity (Wildman–Crippen MR) is 73.8 cm³/mol. The number of rotatable bonds is 4. The van der Waals surface area contributed by atoms with Crippen molar-refractivity contribution in [1.29, 1.82) is 0 Å². The molecule has 15 heavy (non-hydrogen) atoms. The van der Waals surface area contributed by atoms with Crippen LogP contribution in [0.4, 0.5) is 0 Å². The lowest BCUT2D eigenvalue weighted by atomic mass is 9.77. The summed E-state index contributed by atoms with van der Waals surface area (Å²) in [4.78, 5) is 1.02. The molecule has 0 saturated heterocycles. The Bertz CT molecular complexity index is 167. The smallest absolute Gasteiger partial charge is 0.226 e. The van der Waals surface area contributed by atoms with E-state index in [0.29, 0.717) is 16.4 Å². The highest BCUT2D eigenvalue weighted by Gasteiger charge is 2.42. The molecule has 0 unspecified atom stereocenters. The molecule has 0 bridgehead atoms. The van der Waals surface area contributed by atoms with Crippen LogP contribution in [0.5, 0.6) is 0 Å². The van der Waals surface area contributed by atoms with Gasteiger partial charge in [-0.2, -0.15) is 0 Å². The molecule has 3 heteroatoms. The third-order valence-electron chi connectivity index (χ3n) is 2.52. The average Bonchev–Trinajstić information content (AvgIpc) is 1.98. The highest BCUT2D eigenvalue weighted by Crippen LogP contribution is 2.47. The van der Waals surface area contributed by atoms with Gasteiger partial charge in [-0.05, 0) is 23.3 Å². The third-order valence-corrected chi connectivity index (χ3v) is 7.47. The van der Waals surface area contributed by atoms with E-state index < -0.39 is 9.04 Å². The molecule has 0 amide bonds. The van der Waals surface area contributed by atoms with Gasteiger partial charge in [-0.25, -0.2) is 0 Å². The largest absolute Gasteiger partial charge is 0.416 e. The second-order valence-corrected chi connectivity index (χ2v) is 9.95. The van der Waals surface area contributed by atoms with Crippen LogP contribution in [0.2, 0.25) is 5.54 Å². The summed E-state index contributed by atoms with van der Waals surface area (Å²) in [6, 6.07) is 0. The van der Waals surface area contributed by atoms with Crippen LogP contribution in [-0.2, 0) is 4.43 Å². The first kappa shape index (κ1) is 15.7. The molecule has 0 aliphatic rings. The Hall–Kier alpha value is 0.657. The van der Waals surface area contributed by atoms with Crippen LogP contribution in [0.25, 0.3) is 0 Å². The molecular weight excluding hydrogens is 268 g/mol. The second-order valence-electron chi connectivity index (χ2n) is 6.20. The Morgan fingerprint density at radius 1 is 1.07 bits per heavy atom. The van der Waals surface area contributed by atoms with Crippen LogP contribution in [0.15, 0.2) is 0 Å². The molecule has 0 N–H and O–H groups in total. The first-order valence-electron chi connectivity index (χ1n) is 5.69. The number of halogens is 1. The minimum Gasteiger partial charge on any atom is -0.416 e. The molecule has 0 aromatic carbocycles. The molecule has 0 saturated carbocycles. The second kappa shape index (κ2) is 5.83. The van der Waals surface area contributed by atoms with Gasteiger partial charge in [-0.1, -0.05) is 57.5 Å². The molecule has 0 aromatic heterocycles. The summed E-state index contributed by atoms with van der Waals surface area (Å²) in [5, 5.41) is 0. The summed E-state index contributed by atoms with van der Waals surface area (Å²) in [6.07, 6.45) is 0. The zero-order valence-electron chi connectivity index (χ0n) is 11.3. The van der Waals surface area contributed by atoms with Gasteiger partial charge < -0.3 is 4.43 Å². The van der Waals surface area contributed by atoms with Crippen molar-refractivity contribution in [3.8, 4) is 0 Å². The van der Waals surface area contributed by atoms with Gasteiger partial charge in [0.15, 0.2) is 0 Å². The van der Waals surface area contributed by atoms with Crippen molar-refractivity contribution in [2.24, 2.45) is 10.8 Å². The van der Waals surface area contributed by atoms with Gasteiger partial charge in [0.25, 0.3) is 0 Å². The van der Waals surface area contributed by atoms with Crippen LogP contribution in [0.3, 0.4) is 0 Å². The summed E-state index contributed by atoms with van der Waals surface area (Å²) < 4.78 is 5.96. The monoisotopic (exact) mass is 293 g/mol. The standard InChI is InChI=1S/C12H26BrOSi/c1-8-14-15(9-13)10(11(2,3)4)12(5,6)7/h10H,8-9H2,1-7H3. The van der Waals surface area contributed by atoms with E-state index in [2.05, 4.69) is 64.4 Å². The maximum atomic E-state index is 5.96. The molecular formula is C12H26BrOSi. The van der Waals surface area contributed by atoms with Crippen LogP contribution >= 0.6 is 15.9 Å². The Kier molecular flexibility index (Phi) is 6.08. The normalized spacial score (nSPS) is 14.0. The van der Waals surface area contributed by atoms with E-state index in [1.807, 2.05) is 0 Å². The van der Waals surface area contributed by atoms with E-state index in [-0.39, 0.29) is 0 Å². The first-order chi connectivity index (χ1) is 6.64. The topological polar surface area (TPSA) is 9.23 Å². The zero-order valence-corrected chi connectivity index (χ0v) is 13.9. The number of hydrogen-bond acceptors (Lipinski definition) is 1. The highest BCUT2D eigenvalue weighted by molar-refractivity contribution is 9.09. The van der Waals surface area contributed by atoms with E-state index in [1.54, 1.807) is 0 Å². The minimum atomic E-state index is -0.771. The molecule has 91 valence electrons. The fraction of sp³-hybridized carbons (Fsp3) is 1.00. The van der Waals surface area contributed by atoms with Crippen LogP contribution in [0.1, 0.15) is 48.5 Å². The molecule has 0 aliphatic carbocycles. The van der Waals surface area contributed by atoms with Gasteiger partial charge in [-0.3, -0.25) is 0 Å². The Balaban J connectivity index is 4.92. The van der Waals surface area contributed by atoms with E-state index in [9.17, 15) is 0 Å². The molecule has 0 aromatic rings. The fourth-order valence-corrected chi connectivity index (χ4v) is 6.81. The van der Waals surface area contributed by atoms with Gasteiger partial charge in [0, 0.05) is 11.6 Å². The fourth-order valence-electron chi connectivity index (χ4n) is 2.65. The van der Waals surface area contributed by atoms with Crippen LogP contribution in [0, 0.1) is 10.8 Å². The van der Waals surface area contributed by atoms with Gasteiger partial charge >= 0.3 is 0 Å². The van der Waals surface area contributed by atoms with E-state index in [0.717, 1.165) is 11.6 Å². The maximum absolute atomic E-state index is 5.96. The Morgan fingerprint density at radius 3 is 1.67 bits per heavy atom. The van der Waals surface area contributed by atoms with Crippen LogP contribution in [-0.4, -0.2) is 20.6 Å². The van der Waals surface area contributed by atoms with Gasteiger partial charge in [0.2, 0.25) is 9.04 Å². The van der Waals surface area contributed by atoms with E-state index in [1.165, 1.54) is 0 Å². The molecule has 0 heterocycles. The summed E-state index contributed by atoms with van der Waals surface area (Å²) >= 11 is 3.62. The quantitative estimate of drug-likeness (QED) is 0.551. The van der Waals surface area contributed by atoms with E-state index in [4.69, 9.17) is 4.43 Å². The lowest BCUT2D eigenvalue weighted by molar-refractivity contribution is 0.198. The van der Waals surface area contributed by atoms with Gasteiger partial charge in [0.05, 0.1) is 0 Å². The van der Waals surface area contributed by atoms with Crippen molar-refractivity contribution in [2.75, 3.05) is 11.6 Å². The SMILES string of the molecule is CCO[Si](CBr)C(C(C)(C)C)C(C)(C)C. The van der Waals surface area contributed by atoms with Crippen molar-refractivity contribution in [1.82, 2.24) is 0 Å².